The molecule has 0 aliphatic carbocycles. The van der Waals surface area contributed by atoms with E-state index in [-0.39, 0.29) is 11.4 Å². The Morgan fingerprint density at radius 2 is 1.79 bits per heavy atom. The van der Waals surface area contributed by atoms with Crippen LogP contribution in [0.1, 0.15) is 13.8 Å². The van der Waals surface area contributed by atoms with Gasteiger partial charge in [0.25, 0.3) is 0 Å². The van der Waals surface area contributed by atoms with E-state index < -0.39 is 24.6 Å². The molecule has 0 spiro atoms. The lowest BCUT2D eigenvalue weighted by atomic mass is 10.2. The molecule has 108 valence electrons. The van der Waals surface area contributed by atoms with Crippen molar-refractivity contribution >= 4 is 35.8 Å². The van der Waals surface area contributed by atoms with E-state index in [9.17, 15) is 16.8 Å². The van der Waals surface area contributed by atoms with Gasteiger partial charge in [-0.05, 0) is 32.0 Å². The molecule has 1 rings (SSSR count). The number of hydrogen-bond acceptors (Lipinski definition) is 4. The zero-order chi connectivity index (χ0) is 14.9. The number of rotatable bonds is 5. The largest absolute Gasteiger partial charge is 0.240 e. The van der Waals surface area contributed by atoms with Crippen molar-refractivity contribution in [3.05, 3.63) is 28.7 Å². The first-order valence-electron chi connectivity index (χ1n) is 5.40. The molecule has 0 aliphatic rings. The van der Waals surface area contributed by atoms with Gasteiger partial charge in [-0.15, -0.1) is 0 Å². The summed E-state index contributed by atoms with van der Waals surface area (Å²) in [7, 11) is -7.07. The summed E-state index contributed by atoms with van der Waals surface area (Å²) in [5.41, 5.74) is 0. The second-order valence-electron chi connectivity index (χ2n) is 4.81. The summed E-state index contributed by atoms with van der Waals surface area (Å²) in [6, 6.07) is 6.20. The Labute approximate surface area is 122 Å². The van der Waals surface area contributed by atoms with Crippen LogP contribution in [0.4, 0.5) is 0 Å². The summed E-state index contributed by atoms with van der Waals surface area (Å²) in [5, 5.41) is 0. The molecule has 0 amide bonds. The normalized spacial score (nSPS) is 13.5. The summed E-state index contributed by atoms with van der Waals surface area (Å²) in [6.45, 7) is 2.78. The molecular formula is C11H16BrNO4S2. The van der Waals surface area contributed by atoms with Crippen LogP contribution in [0.5, 0.6) is 0 Å². The Bertz CT molecular complexity index is 666. The SMILES string of the molecule is CC(C)(CNS(=O)(=O)c1cccc(Br)c1)S(C)(=O)=O. The van der Waals surface area contributed by atoms with Gasteiger partial charge in [-0.25, -0.2) is 21.6 Å². The minimum absolute atomic E-state index is 0.0891. The highest BCUT2D eigenvalue weighted by Gasteiger charge is 2.31. The maximum atomic E-state index is 12.0. The van der Waals surface area contributed by atoms with E-state index in [2.05, 4.69) is 20.7 Å². The Balaban J connectivity index is 2.95. The van der Waals surface area contributed by atoms with Crippen LogP contribution >= 0.6 is 15.9 Å². The van der Waals surface area contributed by atoms with E-state index in [0.29, 0.717) is 4.47 Å². The number of nitrogens with one attached hydrogen (secondary N) is 1. The fraction of sp³-hybridized carbons (Fsp3) is 0.455. The Hall–Kier alpha value is -0.440. The lowest BCUT2D eigenvalue weighted by Crippen LogP contribution is -2.43. The van der Waals surface area contributed by atoms with E-state index in [1.54, 1.807) is 12.1 Å². The van der Waals surface area contributed by atoms with E-state index in [1.807, 2.05) is 0 Å². The predicted octanol–water partition coefficient (Wildman–Crippen LogP) is 1.55. The standard InChI is InChI=1S/C11H16BrNO4S2/c1-11(2,18(3,14)15)8-13-19(16,17)10-6-4-5-9(12)7-10/h4-7,13H,8H2,1-3H3. The molecule has 0 aliphatic heterocycles. The third-order valence-corrected chi connectivity index (χ3v) is 6.84. The predicted molar refractivity (Wildman–Crippen MR) is 78.3 cm³/mol. The number of benzene rings is 1. The zero-order valence-corrected chi connectivity index (χ0v) is 14.1. The second kappa shape index (κ2) is 5.51. The molecule has 5 nitrogen and oxygen atoms in total. The molecule has 0 radical (unpaired) electrons. The van der Waals surface area contributed by atoms with Crippen LogP contribution in [0.15, 0.2) is 33.6 Å². The van der Waals surface area contributed by atoms with Crippen LogP contribution in [-0.2, 0) is 19.9 Å². The minimum Gasteiger partial charge on any atom is -0.229 e. The van der Waals surface area contributed by atoms with Crippen LogP contribution < -0.4 is 4.72 Å². The molecule has 0 fully saturated rings. The van der Waals surface area contributed by atoms with E-state index >= 15 is 0 Å². The van der Waals surface area contributed by atoms with Crippen molar-refractivity contribution in [2.24, 2.45) is 0 Å². The van der Waals surface area contributed by atoms with E-state index in [0.717, 1.165) is 6.26 Å². The van der Waals surface area contributed by atoms with Crippen LogP contribution in [0.3, 0.4) is 0 Å². The molecule has 0 unspecified atom stereocenters. The Kier molecular flexibility index (Phi) is 4.82. The van der Waals surface area contributed by atoms with E-state index in [1.165, 1.54) is 26.0 Å². The van der Waals surface area contributed by atoms with Gasteiger partial charge >= 0.3 is 0 Å². The monoisotopic (exact) mass is 369 g/mol. The summed E-state index contributed by atoms with van der Waals surface area (Å²) >= 11 is 3.19. The number of sulfone groups is 1. The third-order valence-electron chi connectivity index (χ3n) is 2.80. The van der Waals surface area contributed by atoms with Crippen LogP contribution in [-0.4, -0.2) is 34.4 Å². The number of sulfonamides is 1. The molecule has 0 aromatic heterocycles. The molecule has 0 saturated carbocycles. The maximum absolute atomic E-state index is 12.0. The smallest absolute Gasteiger partial charge is 0.229 e. The highest BCUT2D eigenvalue weighted by Crippen LogP contribution is 2.18. The molecule has 1 aromatic rings. The molecule has 8 heteroatoms. The third kappa shape index (κ3) is 4.27. The molecule has 0 bridgehead atoms. The van der Waals surface area contributed by atoms with Crippen molar-refractivity contribution in [1.82, 2.24) is 4.72 Å². The lowest BCUT2D eigenvalue weighted by molar-refractivity contribution is 0.537. The molecular weight excluding hydrogens is 354 g/mol. The van der Waals surface area contributed by atoms with Gasteiger partial charge in [-0.2, -0.15) is 0 Å². The highest BCUT2D eigenvalue weighted by molar-refractivity contribution is 9.10. The first-order chi connectivity index (χ1) is 8.46. The van der Waals surface area contributed by atoms with Gasteiger partial charge in [0.2, 0.25) is 10.0 Å². The summed E-state index contributed by atoms with van der Waals surface area (Å²) in [5.74, 6) is 0. The van der Waals surface area contributed by atoms with Gasteiger partial charge in [-0.3, -0.25) is 0 Å². The summed E-state index contributed by atoms with van der Waals surface area (Å²) in [6.07, 6.45) is 1.08. The molecule has 19 heavy (non-hydrogen) atoms. The average molecular weight is 370 g/mol. The first kappa shape index (κ1) is 16.6. The van der Waals surface area contributed by atoms with Crippen molar-refractivity contribution in [3.63, 3.8) is 0 Å². The maximum Gasteiger partial charge on any atom is 0.240 e. The average Bonchev–Trinajstić information content (AvgIpc) is 2.25. The fourth-order valence-corrected chi connectivity index (χ4v) is 3.35. The summed E-state index contributed by atoms with van der Waals surface area (Å²) in [4.78, 5) is 0.0891. The topological polar surface area (TPSA) is 80.3 Å². The number of hydrogen-bond donors (Lipinski definition) is 1. The van der Waals surface area contributed by atoms with Crippen molar-refractivity contribution in [3.8, 4) is 0 Å². The molecule has 0 saturated heterocycles. The van der Waals surface area contributed by atoms with Gasteiger partial charge in [-0.1, -0.05) is 22.0 Å². The number of halogens is 1. The van der Waals surface area contributed by atoms with Crippen LogP contribution in [0.25, 0.3) is 0 Å². The first-order valence-corrected chi connectivity index (χ1v) is 9.57. The minimum atomic E-state index is -3.72. The molecule has 1 aromatic carbocycles. The second-order valence-corrected chi connectivity index (χ2v) is 10.1. The Morgan fingerprint density at radius 3 is 2.26 bits per heavy atom. The van der Waals surface area contributed by atoms with Gasteiger partial charge in [0.05, 0.1) is 9.64 Å². The molecule has 0 atom stereocenters. The Morgan fingerprint density at radius 1 is 1.21 bits per heavy atom. The highest BCUT2D eigenvalue weighted by atomic mass is 79.9. The quantitative estimate of drug-likeness (QED) is 0.853. The van der Waals surface area contributed by atoms with Crippen molar-refractivity contribution < 1.29 is 16.8 Å². The molecule has 0 heterocycles. The van der Waals surface area contributed by atoms with Gasteiger partial charge in [0, 0.05) is 17.3 Å². The van der Waals surface area contributed by atoms with Gasteiger partial charge in [0.15, 0.2) is 9.84 Å². The molecule has 1 N–H and O–H groups in total. The van der Waals surface area contributed by atoms with Crippen LogP contribution in [0.2, 0.25) is 0 Å². The fourth-order valence-electron chi connectivity index (χ4n) is 1.12. The summed E-state index contributed by atoms with van der Waals surface area (Å²) < 4.78 is 48.9. The van der Waals surface area contributed by atoms with Crippen molar-refractivity contribution in [1.29, 1.82) is 0 Å². The van der Waals surface area contributed by atoms with Crippen molar-refractivity contribution in [2.75, 3.05) is 12.8 Å². The van der Waals surface area contributed by atoms with Crippen molar-refractivity contribution in [2.45, 2.75) is 23.5 Å². The van der Waals surface area contributed by atoms with E-state index in [4.69, 9.17) is 0 Å². The van der Waals surface area contributed by atoms with Gasteiger partial charge in [0.1, 0.15) is 0 Å². The lowest BCUT2D eigenvalue weighted by Gasteiger charge is -2.22. The van der Waals surface area contributed by atoms with Crippen LogP contribution in [0, 0.1) is 0 Å². The zero-order valence-electron chi connectivity index (χ0n) is 10.8. The van der Waals surface area contributed by atoms with Gasteiger partial charge < -0.3 is 0 Å².